The molecular weight excluding hydrogens is 325 g/mol. The average molecular weight is 342 g/mol. The maximum Gasteiger partial charge on any atom is 0.416 e. The molecule has 0 unspecified atom stereocenters. The van der Waals surface area contributed by atoms with Crippen LogP contribution in [0, 0.1) is 6.92 Å². The maximum absolute atomic E-state index is 12.9. The van der Waals surface area contributed by atoms with E-state index in [4.69, 9.17) is 9.26 Å². The van der Waals surface area contributed by atoms with Crippen LogP contribution in [0.15, 0.2) is 28.8 Å². The molecule has 0 saturated heterocycles. The third-order valence-corrected chi connectivity index (χ3v) is 3.14. The molecule has 0 spiro atoms. The second kappa shape index (κ2) is 7.04. The van der Waals surface area contributed by atoms with Crippen LogP contribution in [0.3, 0.4) is 0 Å². The molecule has 1 aromatic heterocycles. The zero-order chi connectivity index (χ0) is 17.9. The van der Waals surface area contributed by atoms with Gasteiger partial charge in [0, 0.05) is 0 Å². The Morgan fingerprint density at radius 2 is 2.08 bits per heavy atom. The first-order chi connectivity index (χ1) is 11.2. The monoisotopic (exact) mass is 342 g/mol. The van der Waals surface area contributed by atoms with Crippen molar-refractivity contribution in [2.75, 3.05) is 11.9 Å². The zero-order valence-corrected chi connectivity index (χ0v) is 13.4. The highest BCUT2D eigenvalue weighted by Gasteiger charge is 2.31. The molecule has 0 aliphatic rings. The largest absolute Gasteiger partial charge is 0.416 e. The average Bonchev–Trinajstić information content (AvgIpc) is 2.85. The van der Waals surface area contributed by atoms with E-state index in [0.29, 0.717) is 11.3 Å². The Labute approximate surface area is 136 Å². The molecule has 1 amide bonds. The summed E-state index contributed by atoms with van der Waals surface area (Å²) in [5.41, 5.74) is 0.137. The number of hydrogen-bond donors (Lipinski definition) is 1. The second-order valence-electron chi connectivity index (χ2n) is 5.46. The number of anilines is 1. The van der Waals surface area contributed by atoms with Gasteiger partial charge in [-0.3, -0.25) is 10.1 Å². The molecule has 24 heavy (non-hydrogen) atoms. The number of nitrogens with zero attached hydrogens (tertiary/aromatic N) is 1. The third kappa shape index (κ3) is 4.35. The fraction of sp³-hybridized carbons (Fsp3) is 0.375. The molecule has 2 rings (SSSR count). The highest BCUT2D eigenvalue weighted by atomic mass is 19.4. The van der Waals surface area contributed by atoms with Gasteiger partial charge in [0.05, 0.1) is 22.9 Å². The molecule has 5 nitrogen and oxygen atoms in total. The number of aryl methyl sites for hydroxylation is 1. The number of carbonyl (C=O) groups excluding carboxylic acids is 1. The number of nitrogens with one attached hydrogen (secondary N) is 1. The summed E-state index contributed by atoms with van der Waals surface area (Å²) in [7, 11) is 0. The molecule has 130 valence electrons. The van der Waals surface area contributed by atoms with E-state index in [0.717, 1.165) is 12.1 Å². The van der Waals surface area contributed by atoms with Crippen molar-refractivity contribution in [2.45, 2.75) is 33.1 Å². The van der Waals surface area contributed by atoms with Crippen LogP contribution in [0.2, 0.25) is 0 Å². The van der Waals surface area contributed by atoms with Crippen molar-refractivity contribution in [3.05, 3.63) is 35.5 Å². The van der Waals surface area contributed by atoms with E-state index in [9.17, 15) is 18.0 Å². The molecule has 0 bridgehead atoms. The Hall–Kier alpha value is -2.35. The topological polar surface area (TPSA) is 64.4 Å². The second-order valence-corrected chi connectivity index (χ2v) is 5.46. The highest BCUT2D eigenvalue weighted by molar-refractivity contribution is 5.94. The lowest BCUT2D eigenvalue weighted by atomic mass is 10.0. The minimum atomic E-state index is -4.46. The minimum absolute atomic E-state index is 0.0100. The number of alkyl halides is 3. The summed E-state index contributed by atoms with van der Waals surface area (Å²) >= 11 is 0. The Kier molecular flexibility index (Phi) is 5.28. The lowest BCUT2D eigenvalue weighted by molar-refractivity contribution is -0.137. The molecule has 0 fully saturated rings. The summed E-state index contributed by atoms with van der Waals surface area (Å²) in [5, 5.41) is 6.19. The molecule has 1 N–H and O–H groups in total. The molecule has 0 aliphatic heterocycles. The van der Waals surface area contributed by atoms with Crippen molar-refractivity contribution < 1.29 is 27.2 Å². The predicted molar refractivity (Wildman–Crippen MR) is 81.4 cm³/mol. The number of rotatable bonds is 5. The van der Waals surface area contributed by atoms with Crippen LogP contribution < -0.4 is 5.32 Å². The van der Waals surface area contributed by atoms with Gasteiger partial charge >= 0.3 is 6.18 Å². The quantitative estimate of drug-likeness (QED) is 0.891. The van der Waals surface area contributed by atoms with Crippen molar-refractivity contribution in [3.63, 3.8) is 0 Å². The van der Waals surface area contributed by atoms with Crippen LogP contribution in [-0.2, 0) is 15.7 Å². The van der Waals surface area contributed by atoms with E-state index in [1.807, 2.05) is 0 Å². The van der Waals surface area contributed by atoms with Crippen LogP contribution in [0.5, 0.6) is 0 Å². The summed E-state index contributed by atoms with van der Waals surface area (Å²) < 4.78 is 48.8. The predicted octanol–water partition coefficient (Wildman–Crippen LogP) is 4.03. The normalized spacial score (nSPS) is 11.8. The van der Waals surface area contributed by atoms with Crippen LogP contribution in [-0.4, -0.2) is 23.8 Å². The zero-order valence-electron chi connectivity index (χ0n) is 13.4. The molecular formula is C16H17F3N2O3. The Bertz CT molecular complexity index is 724. The lowest BCUT2D eigenvalue weighted by Gasteiger charge is -2.10. The van der Waals surface area contributed by atoms with Crippen molar-refractivity contribution >= 4 is 11.8 Å². The Morgan fingerprint density at radius 3 is 2.71 bits per heavy atom. The number of benzene rings is 1. The number of aromatic nitrogens is 1. The van der Waals surface area contributed by atoms with Crippen molar-refractivity contribution in [2.24, 2.45) is 0 Å². The van der Waals surface area contributed by atoms with E-state index in [1.54, 1.807) is 20.8 Å². The van der Waals surface area contributed by atoms with Gasteiger partial charge in [0.15, 0.2) is 0 Å². The maximum atomic E-state index is 12.9. The van der Waals surface area contributed by atoms with Gasteiger partial charge in [-0.25, -0.2) is 0 Å². The van der Waals surface area contributed by atoms with Gasteiger partial charge in [-0.1, -0.05) is 17.3 Å². The van der Waals surface area contributed by atoms with Gasteiger partial charge in [-0.05, 0) is 38.5 Å². The molecule has 1 aromatic carbocycles. The van der Waals surface area contributed by atoms with Gasteiger partial charge in [-0.2, -0.15) is 13.2 Å². The summed E-state index contributed by atoms with van der Waals surface area (Å²) in [4.78, 5) is 11.8. The molecule has 0 saturated carbocycles. The lowest BCUT2D eigenvalue weighted by Crippen LogP contribution is -2.20. The number of halogens is 3. The standard InChI is InChI=1S/C16H17F3N2O3/c1-9(2)23-8-13(22)20-15-14(10(3)21-24-15)11-5-4-6-12(7-11)16(17,18)19/h4-7,9H,8H2,1-3H3,(H,20,22). The van der Waals surface area contributed by atoms with Gasteiger partial charge in [-0.15, -0.1) is 0 Å². The van der Waals surface area contributed by atoms with E-state index >= 15 is 0 Å². The molecule has 2 aromatic rings. The number of ether oxygens (including phenoxy) is 1. The van der Waals surface area contributed by atoms with Gasteiger partial charge in [0.25, 0.3) is 5.91 Å². The van der Waals surface area contributed by atoms with E-state index < -0.39 is 17.6 Å². The first kappa shape index (κ1) is 18.0. The summed E-state index contributed by atoms with van der Waals surface area (Å²) in [6.45, 7) is 4.94. The number of carbonyl (C=O) groups is 1. The summed E-state index contributed by atoms with van der Waals surface area (Å²) in [6.07, 6.45) is -4.59. The van der Waals surface area contributed by atoms with Crippen molar-refractivity contribution in [3.8, 4) is 11.1 Å². The van der Waals surface area contributed by atoms with Crippen LogP contribution in [0.1, 0.15) is 25.1 Å². The fourth-order valence-electron chi connectivity index (χ4n) is 2.05. The first-order valence-corrected chi connectivity index (χ1v) is 7.24. The van der Waals surface area contributed by atoms with Gasteiger partial charge in [0.2, 0.25) is 5.88 Å². The molecule has 0 radical (unpaired) electrons. The Morgan fingerprint density at radius 1 is 1.38 bits per heavy atom. The third-order valence-electron chi connectivity index (χ3n) is 3.14. The van der Waals surface area contributed by atoms with Crippen molar-refractivity contribution in [1.82, 2.24) is 5.16 Å². The molecule has 0 atom stereocenters. The summed E-state index contributed by atoms with van der Waals surface area (Å²) in [6, 6.07) is 4.74. The molecule has 0 aliphatic carbocycles. The van der Waals surface area contributed by atoms with Crippen LogP contribution in [0.25, 0.3) is 11.1 Å². The smallest absolute Gasteiger partial charge is 0.369 e. The molecule has 8 heteroatoms. The van der Waals surface area contributed by atoms with Gasteiger partial charge in [0.1, 0.15) is 6.61 Å². The van der Waals surface area contributed by atoms with E-state index in [1.165, 1.54) is 12.1 Å². The van der Waals surface area contributed by atoms with E-state index in [-0.39, 0.29) is 24.2 Å². The van der Waals surface area contributed by atoms with Gasteiger partial charge < -0.3 is 9.26 Å². The fourth-order valence-corrected chi connectivity index (χ4v) is 2.05. The number of hydrogen-bond acceptors (Lipinski definition) is 4. The number of amides is 1. The Balaban J connectivity index is 2.29. The van der Waals surface area contributed by atoms with E-state index in [2.05, 4.69) is 10.5 Å². The SMILES string of the molecule is Cc1noc(NC(=O)COC(C)C)c1-c1cccc(C(F)(F)F)c1. The highest BCUT2D eigenvalue weighted by Crippen LogP contribution is 2.36. The van der Waals surface area contributed by atoms with Crippen molar-refractivity contribution in [1.29, 1.82) is 0 Å². The first-order valence-electron chi connectivity index (χ1n) is 7.24. The minimum Gasteiger partial charge on any atom is -0.369 e. The van der Waals surface area contributed by atoms with Crippen LogP contribution >= 0.6 is 0 Å². The van der Waals surface area contributed by atoms with Crippen LogP contribution in [0.4, 0.5) is 19.1 Å². The molecule has 1 heterocycles. The summed E-state index contributed by atoms with van der Waals surface area (Å²) in [5.74, 6) is -0.489.